The van der Waals surface area contributed by atoms with E-state index in [9.17, 15) is 14.4 Å². The number of benzene rings is 1. The molecule has 5 rings (SSSR count). The highest BCUT2D eigenvalue weighted by molar-refractivity contribution is 6.34. The Labute approximate surface area is 245 Å². The zero-order valence-corrected chi connectivity index (χ0v) is 25.7. The third-order valence-electron chi connectivity index (χ3n) is 8.46. The van der Waals surface area contributed by atoms with Crippen molar-refractivity contribution in [3.63, 3.8) is 0 Å². The standard InChI is InChI=1S/C31H40ClN3O6/c1-16-14-17(2)33-27(36)22(16)15-35-13-12-21-23(28(35)37)18(3)25-26(24(21)32)40-31(7,39-25)19-8-10-20(11-9-19)34-29(38)41-30(4,5)6/h14,19-20H,8-13,15H2,1-7H3,(H,33,36)(H,34,38)/t19-,20-,31?. The lowest BCUT2D eigenvalue weighted by Crippen LogP contribution is -2.48. The number of pyridine rings is 1. The van der Waals surface area contributed by atoms with E-state index < -0.39 is 17.5 Å². The lowest BCUT2D eigenvalue weighted by Gasteiger charge is -2.37. The van der Waals surface area contributed by atoms with E-state index in [0.29, 0.717) is 46.2 Å². The van der Waals surface area contributed by atoms with Crippen molar-refractivity contribution in [2.75, 3.05) is 6.54 Å². The number of amides is 2. The number of nitrogens with zero attached hydrogens (tertiary/aromatic N) is 1. The van der Waals surface area contributed by atoms with Gasteiger partial charge >= 0.3 is 6.09 Å². The smallest absolute Gasteiger partial charge is 0.407 e. The number of ether oxygens (including phenoxy) is 3. The van der Waals surface area contributed by atoms with E-state index in [1.165, 1.54) is 0 Å². The monoisotopic (exact) mass is 585 g/mol. The van der Waals surface area contributed by atoms with Crippen molar-refractivity contribution in [3.8, 4) is 11.5 Å². The molecule has 1 fully saturated rings. The summed E-state index contributed by atoms with van der Waals surface area (Å²) in [5.41, 5.74) is 3.51. The quantitative estimate of drug-likeness (QED) is 0.475. The molecule has 2 aliphatic heterocycles. The Morgan fingerprint density at radius 1 is 1.15 bits per heavy atom. The van der Waals surface area contributed by atoms with Gasteiger partial charge in [0, 0.05) is 42.2 Å². The lowest BCUT2D eigenvalue weighted by molar-refractivity contribution is -0.121. The van der Waals surface area contributed by atoms with Gasteiger partial charge in [-0.15, -0.1) is 0 Å². The third-order valence-corrected chi connectivity index (χ3v) is 8.86. The summed E-state index contributed by atoms with van der Waals surface area (Å²) in [5, 5.41) is 3.40. The molecule has 3 aliphatic rings. The van der Waals surface area contributed by atoms with Crippen molar-refractivity contribution < 1.29 is 23.8 Å². The Hall–Kier alpha value is -3.20. The second-order valence-corrected chi connectivity index (χ2v) is 13.2. The van der Waals surface area contributed by atoms with Gasteiger partial charge in [-0.3, -0.25) is 9.59 Å². The van der Waals surface area contributed by atoms with Crippen LogP contribution in [0.3, 0.4) is 0 Å². The Morgan fingerprint density at radius 2 is 1.80 bits per heavy atom. The molecule has 2 aromatic rings. The molecule has 1 atom stereocenters. The lowest BCUT2D eigenvalue weighted by atomic mass is 9.81. The van der Waals surface area contributed by atoms with Gasteiger partial charge in [0.15, 0.2) is 11.5 Å². The van der Waals surface area contributed by atoms with E-state index in [1.54, 1.807) is 4.90 Å². The van der Waals surface area contributed by atoms with Crippen molar-refractivity contribution in [1.29, 1.82) is 0 Å². The molecule has 0 radical (unpaired) electrons. The number of hydrogen-bond acceptors (Lipinski definition) is 6. The summed E-state index contributed by atoms with van der Waals surface area (Å²) in [7, 11) is 0. The zero-order chi connectivity index (χ0) is 29.9. The third kappa shape index (κ3) is 5.65. The molecule has 2 amide bonds. The summed E-state index contributed by atoms with van der Waals surface area (Å²) >= 11 is 6.89. The van der Waals surface area contributed by atoms with Crippen molar-refractivity contribution in [2.45, 2.75) is 105 Å². The van der Waals surface area contributed by atoms with Crippen LogP contribution in [0.25, 0.3) is 0 Å². The highest BCUT2D eigenvalue weighted by Crippen LogP contribution is 2.53. The number of rotatable bonds is 4. The SMILES string of the molecule is Cc1cc(C)c(CN2CCc3c(Cl)c4c(c(C)c3C2=O)OC(C)([C@H]2CC[C@H](NC(=O)OC(C)(C)C)CC2)O4)c(=O)[nH]1. The van der Waals surface area contributed by atoms with Crippen LogP contribution in [0, 0.1) is 26.7 Å². The van der Waals surface area contributed by atoms with Gasteiger partial charge in [0.25, 0.3) is 17.3 Å². The van der Waals surface area contributed by atoms with E-state index in [-0.39, 0.29) is 30.0 Å². The average Bonchev–Trinajstić information content (AvgIpc) is 3.24. The maximum absolute atomic E-state index is 13.8. The van der Waals surface area contributed by atoms with E-state index >= 15 is 0 Å². The summed E-state index contributed by atoms with van der Waals surface area (Å²) in [6, 6.07) is 1.94. The van der Waals surface area contributed by atoms with Crippen LogP contribution in [0.1, 0.15) is 91.7 Å². The van der Waals surface area contributed by atoms with Crippen LogP contribution < -0.4 is 20.3 Å². The molecular formula is C31H40ClN3O6. The van der Waals surface area contributed by atoms with Crippen molar-refractivity contribution in [1.82, 2.24) is 15.2 Å². The molecule has 10 heteroatoms. The molecule has 2 N–H and O–H groups in total. The summed E-state index contributed by atoms with van der Waals surface area (Å²) in [6.07, 6.45) is 3.28. The van der Waals surface area contributed by atoms with E-state index in [4.69, 9.17) is 25.8 Å². The Morgan fingerprint density at radius 3 is 2.44 bits per heavy atom. The molecule has 0 saturated heterocycles. The van der Waals surface area contributed by atoms with Crippen molar-refractivity contribution in [3.05, 3.63) is 55.0 Å². The minimum Gasteiger partial charge on any atom is -0.448 e. The maximum atomic E-state index is 13.8. The fourth-order valence-corrected chi connectivity index (χ4v) is 6.66. The number of aryl methyl sites for hydroxylation is 2. The molecule has 41 heavy (non-hydrogen) atoms. The van der Waals surface area contributed by atoms with Gasteiger partial charge in [-0.1, -0.05) is 11.6 Å². The second kappa shape index (κ2) is 10.6. The number of aromatic amines is 1. The maximum Gasteiger partial charge on any atom is 0.407 e. The molecule has 1 unspecified atom stereocenters. The summed E-state index contributed by atoms with van der Waals surface area (Å²) in [4.78, 5) is 43.2. The number of carbonyl (C=O) groups is 2. The molecular weight excluding hydrogens is 546 g/mol. The molecule has 3 heterocycles. The van der Waals surface area contributed by atoms with Gasteiger partial charge in [-0.2, -0.15) is 0 Å². The van der Waals surface area contributed by atoms with Crippen LogP contribution in [0.4, 0.5) is 4.79 Å². The van der Waals surface area contributed by atoms with Crippen LogP contribution in [0.15, 0.2) is 10.9 Å². The fraction of sp³-hybridized carbons (Fsp3) is 0.581. The minimum atomic E-state index is -0.938. The molecule has 0 spiro atoms. The number of fused-ring (bicyclic) bond motifs is 2. The van der Waals surface area contributed by atoms with Crippen molar-refractivity contribution >= 4 is 23.6 Å². The first kappa shape index (κ1) is 29.3. The van der Waals surface area contributed by atoms with Gasteiger partial charge in [-0.25, -0.2) is 4.79 Å². The number of carbonyl (C=O) groups excluding carboxylic acids is 2. The number of hydrogen-bond donors (Lipinski definition) is 2. The van der Waals surface area contributed by atoms with Gasteiger partial charge in [0.05, 0.1) is 17.1 Å². The minimum absolute atomic E-state index is 0.0270. The van der Waals surface area contributed by atoms with Gasteiger partial charge in [0.1, 0.15) is 5.60 Å². The molecule has 1 aliphatic carbocycles. The number of H-pyrrole nitrogens is 1. The fourth-order valence-electron chi connectivity index (χ4n) is 6.35. The first-order chi connectivity index (χ1) is 19.2. The van der Waals surface area contributed by atoms with Crippen LogP contribution in [-0.4, -0.2) is 45.9 Å². The van der Waals surface area contributed by atoms with Gasteiger partial charge in [-0.05, 0) is 90.8 Å². The predicted molar refractivity (Wildman–Crippen MR) is 156 cm³/mol. The van der Waals surface area contributed by atoms with Crippen LogP contribution in [-0.2, 0) is 17.7 Å². The molecule has 1 aromatic carbocycles. The number of alkyl carbamates (subject to hydrolysis) is 1. The summed E-state index contributed by atoms with van der Waals surface area (Å²) in [5.74, 6) is -0.0373. The van der Waals surface area contributed by atoms with Crippen molar-refractivity contribution in [2.24, 2.45) is 5.92 Å². The average molecular weight is 586 g/mol. The Balaban J connectivity index is 1.32. The molecule has 222 valence electrons. The first-order valence-electron chi connectivity index (χ1n) is 14.4. The predicted octanol–water partition coefficient (Wildman–Crippen LogP) is 5.72. The van der Waals surface area contributed by atoms with Crippen LogP contribution in [0.5, 0.6) is 11.5 Å². The number of aromatic nitrogens is 1. The first-order valence-corrected chi connectivity index (χ1v) is 14.8. The second-order valence-electron chi connectivity index (χ2n) is 12.8. The van der Waals surface area contributed by atoms with Gasteiger partial charge < -0.3 is 29.4 Å². The number of halogens is 1. The van der Waals surface area contributed by atoms with Crippen LogP contribution in [0.2, 0.25) is 5.02 Å². The molecule has 0 bridgehead atoms. The van der Waals surface area contributed by atoms with E-state index in [1.807, 2.05) is 54.5 Å². The Kier molecular flexibility index (Phi) is 7.55. The van der Waals surface area contributed by atoms with E-state index in [2.05, 4.69) is 10.3 Å². The normalized spacial score (nSPS) is 23.8. The molecule has 1 aromatic heterocycles. The zero-order valence-electron chi connectivity index (χ0n) is 25.0. The largest absolute Gasteiger partial charge is 0.448 e. The molecule has 9 nitrogen and oxygen atoms in total. The topological polar surface area (TPSA) is 110 Å². The Bertz CT molecular complexity index is 1450. The highest BCUT2D eigenvalue weighted by atomic mass is 35.5. The molecule has 1 saturated carbocycles. The van der Waals surface area contributed by atoms with Gasteiger partial charge in [0.2, 0.25) is 0 Å². The summed E-state index contributed by atoms with van der Waals surface area (Å²) < 4.78 is 18.4. The van der Waals surface area contributed by atoms with E-state index in [0.717, 1.165) is 42.5 Å². The summed E-state index contributed by atoms with van der Waals surface area (Å²) in [6.45, 7) is 13.7. The highest BCUT2D eigenvalue weighted by Gasteiger charge is 2.48. The van der Waals surface area contributed by atoms with Crippen LogP contribution >= 0.6 is 11.6 Å². The number of nitrogens with one attached hydrogen (secondary N) is 2.